The van der Waals surface area contributed by atoms with Gasteiger partial charge in [0.15, 0.2) is 0 Å². The fourth-order valence-electron chi connectivity index (χ4n) is 2.15. The van der Waals surface area contributed by atoms with Gasteiger partial charge in [-0.15, -0.1) is 0 Å². The molecular weight excluding hydrogens is 304 g/mol. The average Bonchev–Trinajstić information content (AvgIpc) is 2.61. The molecule has 1 amide bonds. The predicted molar refractivity (Wildman–Crippen MR) is 95.5 cm³/mol. The molecule has 0 aliphatic heterocycles. The van der Waals surface area contributed by atoms with Crippen LogP contribution in [-0.2, 0) is 4.74 Å². The number of para-hydroxylation sites is 1. The first kappa shape index (κ1) is 17.8. The van der Waals surface area contributed by atoms with Crippen molar-refractivity contribution < 1.29 is 14.3 Å². The Balaban J connectivity index is 1.70. The molecule has 0 heterocycles. The molecule has 128 valence electrons. The zero-order valence-electron chi connectivity index (χ0n) is 13.7. The molecule has 0 aliphatic carbocycles. The van der Waals surface area contributed by atoms with Crippen molar-refractivity contribution in [2.24, 2.45) is 5.73 Å². The molecular formula is C19H24N2O3. The van der Waals surface area contributed by atoms with Crippen LogP contribution < -0.4 is 15.8 Å². The van der Waals surface area contributed by atoms with Gasteiger partial charge in [0.1, 0.15) is 11.5 Å². The van der Waals surface area contributed by atoms with Gasteiger partial charge in [-0.1, -0.05) is 31.0 Å². The molecule has 0 spiro atoms. The van der Waals surface area contributed by atoms with Crippen LogP contribution in [0.1, 0.15) is 25.7 Å². The van der Waals surface area contributed by atoms with Crippen LogP contribution in [0.15, 0.2) is 54.6 Å². The highest BCUT2D eigenvalue weighted by Crippen LogP contribution is 2.22. The Morgan fingerprint density at radius 2 is 1.54 bits per heavy atom. The molecule has 0 aromatic heterocycles. The van der Waals surface area contributed by atoms with E-state index in [9.17, 15) is 4.79 Å². The van der Waals surface area contributed by atoms with Gasteiger partial charge in [-0.3, -0.25) is 5.32 Å². The average molecular weight is 328 g/mol. The van der Waals surface area contributed by atoms with E-state index >= 15 is 0 Å². The van der Waals surface area contributed by atoms with Crippen molar-refractivity contribution in [2.75, 3.05) is 18.5 Å². The molecule has 24 heavy (non-hydrogen) atoms. The van der Waals surface area contributed by atoms with Crippen molar-refractivity contribution in [1.82, 2.24) is 0 Å². The highest BCUT2D eigenvalue weighted by molar-refractivity contribution is 5.84. The predicted octanol–water partition coefficient (Wildman–Crippen LogP) is 4.55. The normalized spacial score (nSPS) is 10.2. The number of nitrogens with one attached hydrogen (secondary N) is 1. The number of unbranched alkanes of at least 4 members (excludes halogenated alkanes) is 3. The lowest BCUT2D eigenvalue weighted by molar-refractivity contribution is 0.159. The number of carbonyl (C=O) groups is 1. The van der Waals surface area contributed by atoms with Crippen molar-refractivity contribution in [2.45, 2.75) is 25.7 Å². The molecule has 0 unspecified atom stereocenters. The van der Waals surface area contributed by atoms with E-state index in [0.717, 1.165) is 31.4 Å². The molecule has 0 aliphatic rings. The number of nitrogens with two attached hydrogens (primary N) is 1. The molecule has 2 aromatic rings. The molecule has 0 saturated heterocycles. The minimum Gasteiger partial charge on any atom is -0.457 e. The van der Waals surface area contributed by atoms with E-state index in [-0.39, 0.29) is 0 Å². The Morgan fingerprint density at radius 3 is 2.25 bits per heavy atom. The molecule has 0 saturated carbocycles. The number of ether oxygens (including phenoxy) is 2. The maximum atomic E-state index is 11.7. The number of anilines is 1. The summed E-state index contributed by atoms with van der Waals surface area (Å²) in [7, 11) is 0. The molecule has 0 fully saturated rings. The first-order chi connectivity index (χ1) is 11.8. The van der Waals surface area contributed by atoms with Crippen molar-refractivity contribution >= 4 is 11.8 Å². The van der Waals surface area contributed by atoms with E-state index in [1.54, 1.807) is 24.3 Å². The lowest BCUT2D eigenvalue weighted by Gasteiger charge is -2.09. The van der Waals surface area contributed by atoms with Crippen molar-refractivity contribution in [3.63, 3.8) is 0 Å². The van der Waals surface area contributed by atoms with Crippen molar-refractivity contribution in [1.29, 1.82) is 0 Å². The molecule has 5 heteroatoms. The molecule has 2 aromatic carbocycles. The number of hydrogen-bond donors (Lipinski definition) is 2. The summed E-state index contributed by atoms with van der Waals surface area (Å²) in [5.74, 6) is 1.48. The van der Waals surface area contributed by atoms with Crippen molar-refractivity contribution in [3.8, 4) is 11.5 Å². The summed E-state index contributed by atoms with van der Waals surface area (Å²) in [6, 6.07) is 16.7. The van der Waals surface area contributed by atoms with Crippen LogP contribution in [0.3, 0.4) is 0 Å². The first-order valence-corrected chi connectivity index (χ1v) is 8.25. The Bertz CT molecular complexity index is 600. The van der Waals surface area contributed by atoms with Gasteiger partial charge >= 0.3 is 6.09 Å². The van der Waals surface area contributed by atoms with Gasteiger partial charge in [-0.25, -0.2) is 4.79 Å². The van der Waals surface area contributed by atoms with Crippen LogP contribution in [0.25, 0.3) is 0 Å². The summed E-state index contributed by atoms with van der Waals surface area (Å²) in [5, 5.41) is 2.70. The minimum atomic E-state index is -0.439. The SMILES string of the molecule is NCCCCCCOC(=O)Nc1ccc(Oc2ccccc2)cc1. The lowest BCUT2D eigenvalue weighted by Crippen LogP contribution is -2.14. The number of carbonyl (C=O) groups excluding carboxylic acids is 1. The molecule has 0 radical (unpaired) electrons. The fourth-order valence-corrected chi connectivity index (χ4v) is 2.15. The summed E-state index contributed by atoms with van der Waals surface area (Å²) in [5.41, 5.74) is 6.10. The smallest absolute Gasteiger partial charge is 0.411 e. The molecule has 5 nitrogen and oxygen atoms in total. The van der Waals surface area contributed by atoms with E-state index in [4.69, 9.17) is 15.2 Å². The Kier molecular flexibility index (Phi) is 7.63. The number of amides is 1. The second-order valence-electron chi connectivity index (χ2n) is 5.40. The van der Waals surface area contributed by atoms with Crippen LogP contribution in [-0.4, -0.2) is 19.2 Å². The number of benzene rings is 2. The van der Waals surface area contributed by atoms with Crippen LogP contribution in [0.2, 0.25) is 0 Å². The summed E-state index contributed by atoms with van der Waals surface area (Å²) >= 11 is 0. The number of rotatable bonds is 9. The second kappa shape index (κ2) is 10.3. The van der Waals surface area contributed by atoms with Crippen LogP contribution in [0.4, 0.5) is 10.5 Å². The Labute approximate surface area is 142 Å². The van der Waals surface area contributed by atoms with Gasteiger partial charge in [0, 0.05) is 5.69 Å². The largest absolute Gasteiger partial charge is 0.457 e. The second-order valence-corrected chi connectivity index (χ2v) is 5.40. The van der Waals surface area contributed by atoms with Crippen LogP contribution in [0, 0.1) is 0 Å². The van der Waals surface area contributed by atoms with Gasteiger partial charge in [-0.2, -0.15) is 0 Å². The first-order valence-electron chi connectivity index (χ1n) is 8.25. The molecule has 0 bridgehead atoms. The topological polar surface area (TPSA) is 73.6 Å². The highest BCUT2D eigenvalue weighted by Gasteiger charge is 2.03. The van der Waals surface area contributed by atoms with Gasteiger partial charge in [-0.05, 0) is 55.8 Å². The van der Waals surface area contributed by atoms with Crippen LogP contribution >= 0.6 is 0 Å². The van der Waals surface area contributed by atoms with E-state index in [1.807, 2.05) is 30.3 Å². The van der Waals surface area contributed by atoms with E-state index < -0.39 is 6.09 Å². The zero-order valence-corrected chi connectivity index (χ0v) is 13.7. The minimum absolute atomic E-state index is 0.422. The maximum absolute atomic E-state index is 11.7. The van der Waals surface area contributed by atoms with Crippen LogP contribution in [0.5, 0.6) is 11.5 Å². The standard InChI is InChI=1S/C19H24N2O3/c20-14-6-1-2-7-15-23-19(22)21-16-10-12-18(13-11-16)24-17-8-4-3-5-9-17/h3-5,8-13H,1-2,6-7,14-15,20H2,(H,21,22). The Morgan fingerprint density at radius 1 is 0.875 bits per heavy atom. The quantitative estimate of drug-likeness (QED) is 0.662. The molecule has 2 rings (SSSR count). The van der Waals surface area contributed by atoms with Gasteiger partial charge < -0.3 is 15.2 Å². The van der Waals surface area contributed by atoms with Crippen molar-refractivity contribution in [3.05, 3.63) is 54.6 Å². The third-order valence-electron chi connectivity index (χ3n) is 3.41. The van der Waals surface area contributed by atoms with Gasteiger partial charge in [0.05, 0.1) is 6.61 Å². The summed E-state index contributed by atoms with van der Waals surface area (Å²) < 4.78 is 10.8. The highest BCUT2D eigenvalue weighted by atomic mass is 16.5. The summed E-state index contributed by atoms with van der Waals surface area (Å²) in [6.07, 6.45) is 3.53. The fraction of sp³-hybridized carbons (Fsp3) is 0.316. The third kappa shape index (κ3) is 6.71. The monoisotopic (exact) mass is 328 g/mol. The third-order valence-corrected chi connectivity index (χ3v) is 3.41. The Hall–Kier alpha value is -2.53. The lowest BCUT2D eigenvalue weighted by atomic mass is 10.2. The van der Waals surface area contributed by atoms with E-state index in [0.29, 0.717) is 24.6 Å². The number of hydrogen-bond acceptors (Lipinski definition) is 4. The van der Waals surface area contributed by atoms with Gasteiger partial charge in [0.25, 0.3) is 0 Å². The van der Waals surface area contributed by atoms with E-state index in [2.05, 4.69) is 5.32 Å². The summed E-state index contributed by atoms with van der Waals surface area (Å²) in [4.78, 5) is 11.7. The zero-order chi connectivity index (χ0) is 17.0. The van der Waals surface area contributed by atoms with E-state index in [1.165, 1.54) is 0 Å². The van der Waals surface area contributed by atoms with Gasteiger partial charge in [0.2, 0.25) is 0 Å². The molecule has 3 N–H and O–H groups in total. The maximum Gasteiger partial charge on any atom is 0.411 e. The summed E-state index contributed by atoms with van der Waals surface area (Å²) in [6.45, 7) is 1.14. The molecule has 0 atom stereocenters.